The standard InChI is InChI=1S/C19H28F3N3OS.HI/c1-4-23-17(24-14-18(27-3)9-11-26-12-10-18)25(2)13-15-5-7-16(8-6-15)19(20,21)22;/h5-8H,4,9-14H2,1-3H3,(H,23,24);1H. The van der Waals surface area contributed by atoms with Crippen LogP contribution in [-0.2, 0) is 17.5 Å². The third-order valence-corrected chi connectivity index (χ3v) is 6.15. The Kier molecular flexibility index (Phi) is 10.4. The second kappa shape index (κ2) is 11.5. The van der Waals surface area contributed by atoms with E-state index in [1.165, 1.54) is 12.1 Å². The summed E-state index contributed by atoms with van der Waals surface area (Å²) in [4.78, 5) is 6.75. The first-order chi connectivity index (χ1) is 12.8. The van der Waals surface area contributed by atoms with Crippen molar-refractivity contribution in [3.05, 3.63) is 35.4 Å². The van der Waals surface area contributed by atoms with Gasteiger partial charge in [0.25, 0.3) is 0 Å². The molecule has 1 aliphatic heterocycles. The Labute approximate surface area is 186 Å². The van der Waals surface area contributed by atoms with Crippen molar-refractivity contribution in [2.75, 3.05) is 39.6 Å². The van der Waals surface area contributed by atoms with E-state index < -0.39 is 11.7 Å². The minimum atomic E-state index is -4.31. The van der Waals surface area contributed by atoms with Crippen LogP contribution in [0.15, 0.2) is 29.3 Å². The van der Waals surface area contributed by atoms with Crippen molar-refractivity contribution in [2.24, 2.45) is 4.99 Å². The van der Waals surface area contributed by atoms with E-state index in [0.717, 1.165) is 56.3 Å². The second-order valence-electron chi connectivity index (χ2n) is 6.72. The van der Waals surface area contributed by atoms with E-state index in [2.05, 4.69) is 11.6 Å². The lowest BCUT2D eigenvalue weighted by atomic mass is 9.99. The lowest BCUT2D eigenvalue weighted by molar-refractivity contribution is -0.137. The predicted octanol–water partition coefficient (Wildman–Crippen LogP) is 4.63. The Morgan fingerprint density at radius 1 is 1.25 bits per heavy atom. The number of hydrogen-bond acceptors (Lipinski definition) is 3. The van der Waals surface area contributed by atoms with Crippen molar-refractivity contribution in [3.63, 3.8) is 0 Å². The van der Waals surface area contributed by atoms with Gasteiger partial charge in [0, 0.05) is 38.1 Å². The molecule has 0 saturated carbocycles. The van der Waals surface area contributed by atoms with E-state index in [0.29, 0.717) is 13.1 Å². The summed E-state index contributed by atoms with van der Waals surface area (Å²) >= 11 is 1.83. The molecule has 1 saturated heterocycles. The summed E-state index contributed by atoms with van der Waals surface area (Å²) in [6.45, 7) is 5.42. The highest BCUT2D eigenvalue weighted by atomic mass is 127. The van der Waals surface area contributed by atoms with Crippen LogP contribution in [0.1, 0.15) is 30.9 Å². The Bertz CT molecular complexity index is 620. The Balaban J connectivity index is 0.00000392. The molecule has 4 nitrogen and oxygen atoms in total. The molecule has 0 aliphatic carbocycles. The fraction of sp³-hybridized carbons (Fsp3) is 0.632. The van der Waals surface area contributed by atoms with Crippen LogP contribution in [0.2, 0.25) is 0 Å². The zero-order valence-corrected chi connectivity index (χ0v) is 19.7. The smallest absolute Gasteiger partial charge is 0.381 e. The van der Waals surface area contributed by atoms with E-state index in [-0.39, 0.29) is 28.7 Å². The van der Waals surface area contributed by atoms with Gasteiger partial charge in [-0.1, -0.05) is 12.1 Å². The summed E-state index contributed by atoms with van der Waals surface area (Å²) in [5.74, 6) is 0.761. The van der Waals surface area contributed by atoms with Crippen LogP contribution in [0.4, 0.5) is 13.2 Å². The number of halogens is 4. The Morgan fingerprint density at radius 3 is 2.36 bits per heavy atom. The zero-order chi connectivity index (χ0) is 19.9. The number of aliphatic imine (C=N–C) groups is 1. The lowest BCUT2D eigenvalue weighted by Crippen LogP contribution is -2.41. The zero-order valence-electron chi connectivity index (χ0n) is 16.5. The molecule has 28 heavy (non-hydrogen) atoms. The topological polar surface area (TPSA) is 36.9 Å². The number of nitrogens with zero attached hydrogens (tertiary/aromatic N) is 2. The predicted molar refractivity (Wildman–Crippen MR) is 121 cm³/mol. The molecule has 0 unspecified atom stereocenters. The van der Waals surface area contributed by atoms with Gasteiger partial charge >= 0.3 is 6.18 Å². The van der Waals surface area contributed by atoms with Gasteiger partial charge in [-0.2, -0.15) is 24.9 Å². The van der Waals surface area contributed by atoms with Gasteiger partial charge in [-0.05, 0) is 43.7 Å². The Hall–Kier alpha value is -0.680. The van der Waals surface area contributed by atoms with Gasteiger partial charge in [0.15, 0.2) is 5.96 Å². The molecule has 2 rings (SSSR count). The number of hydrogen-bond donors (Lipinski definition) is 1. The number of alkyl halides is 3. The summed E-state index contributed by atoms with van der Waals surface area (Å²) in [5, 5.41) is 3.27. The third-order valence-electron chi connectivity index (χ3n) is 4.75. The molecule has 9 heteroatoms. The average molecular weight is 531 g/mol. The third kappa shape index (κ3) is 7.29. The highest BCUT2D eigenvalue weighted by molar-refractivity contribution is 14.0. The van der Waals surface area contributed by atoms with E-state index in [1.54, 1.807) is 0 Å². The van der Waals surface area contributed by atoms with Crippen molar-refractivity contribution in [1.82, 2.24) is 10.2 Å². The highest BCUT2D eigenvalue weighted by Gasteiger charge is 2.32. The van der Waals surface area contributed by atoms with Gasteiger partial charge < -0.3 is 15.0 Å². The van der Waals surface area contributed by atoms with Crippen LogP contribution in [0, 0.1) is 0 Å². The fourth-order valence-corrected chi connectivity index (χ4v) is 3.78. The summed E-state index contributed by atoms with van der Waals surface area (Å²) < 4.78 is 43.7. The summed E-state index contributed by atoms with van der Waals surface area (Å²) in [5.41, 5.74) is 0.178. The van der Waals surface area contributed by atoms with Gasteiger partial charge in [-0.25, -0.2) is 0 Å². The van der Waals surface area contributed by atoms with E-state index in [4.69, 9.17) is 9.73 Å². The minimum absolute atomic E-state index is 0. The first-order valence-electron chi connectivity index (χ1n) is 9.08. The normalized spacial score (nSPS) is 17.0. The van der Waals surface area contributed by atoms with Crippen molar-refractivity contribution in [2.45, 2.75) is 37.2 Å². The number of thioether (sulfide) groups is 1. The largest absolute Gasteiger partial charge is 0.416 e. The van der Waals surface area contributed by atoms with Crippen molar-refractivity contribution in [1.29, 1.82) is 0 Å². The number of ether oxygens (including phenoxy) is 1. The van der Waals surface area contributed by atoms with Crippen LogP contribution in [0.3, 0.4) is 0 Å². The molecule has 0 spiro atoms. The van der Waals surface area contributed by atoms with E-state index in [1.807, 2.05) is 30.6 Å². The monoisotopic (exact) mass is 531 g/mol. The maximum atomic E-state index is 12.7. The number of rotatable bonds is 6. The minimum Gasteiger partial charge on any atom is -0.381 e. The molecule has 0 bridgehead atoms. The maximum Gasteiger partial charge on any atom is 0.416 e. The number of nitrogens with one attached hydrogen (secondary N) is 1. The van der Waals surface area contributed by atoms with Gasteiger partial charge in [0.05, 0.1) is 12.1 Å². The molecule has 1 fully saturated rings. The summed E-state index contributed by atoms with van der Waals surface area (Å²) in [7, 11) is 1.90. The van der Waals surface area contributed by atoms with Crippen LogP contribution < -0.4 is 5.32 Å². The van der Waals surface area contributed by atoms with Crippen LogP contribution in [0.5, 0.6) is 0 Å². The molecule has 0 amide bonds. The molecule has 1 heterocycles. The van der Waals surface area contributed by atoms with Gasteiger partial charge in [0.2, 0.25) is 0 Å². The fourth-order valence-electron chi connectivity index (χ4n) is 3.01. The molecule has 1 aliphatic rings. The molecular formula is C19H29F3IN3OS. The maximum absolute atomic E-state index is 12.7. The average Bonchev–Trinajstić information content (AvgIpc) is 2.65. The first-order valence-corrected chi connectivity index (χ1v) is 10.3. The quantitative estimate of drug-likeness (QED) is 0.330. The Morgan fingerprint density at radius 2 is 1.86 bits per heavy atom. The summed E-state index contributed by atoms with van der Waals surface area (Å²) in [6.07, 6.45) is -0.254. The molecule has 160 valence electrons. The van der Waals surface area contributed by atoms with Crippen molar-refractivity contribution >= 4 is 41.7 Å². The lowest BCUT2D eigenvalue weighted by Gasteiger charge is -2.34. The van der Waals surface area contributed by atoms with Gasteiger partial charge in [-0.3, -0.25) is 4.99 Å². The van der Waals surface area contributed by atoms with Crippen LogP contribution >= 0.6 is 35.7 Å². The molecule has 0 aromatic heterocycles. The highest BCUT2D eigenvalue weighted by Crippen LogP contribution is 2.34. The number of guanidine groups is 1. The summed E-state index contributed by atoms with van der Waals surface area (Å²) in [6, 6.07) is 5.28. The van der Waals surface area contributed by atoms with Crippen molar-refractivity contribution in [3.8, 4) is 0 Å². The molecule has 1 aromatic rings. The first kappa shape index (κ1) is 25.4. The molecule has 0 radical (unpaired) electrons. The van der Waals surface area contributed by atoms with Crippen LogP contribution in [0.25, 0.3) is 0 Å². The van der Waals surface area contributed by atoms with E-state index >= 15 is 0 Å². The second-order valence-corrected chi connectivity index (χ2v) is 7.99. The van der Waals surface area contributed by atoms with E-state index in [9.17, 15) is 13.2 Å². The van der Waals surface area contributed by atoms with Gasteiger partial charge in [-0.15, -0.1) is 24.0 Å². The van der Waals surface area contributed by atoms with Crippen LogP contribution in [-0.4, -0.2) is 55.2 Å². The van der Waals surface area contributed by atoms with Crippen molar-refractivity contribution < 1.29 is 17.9 Å². The number of benzene rings is 1. The molecular weight excluding hydrogens is 502 g/mol. The van der Waals surface area contributed by atoms with Gasteiger partial charge in [0.1, 0.15) is 0 Å². The SMILES string of the molecule is CCNC(=NCC1(SC)CCOCC1)N(C)Cc1ccc(C(F)(F)F)cc1.I. The molecule has 0 atom stereocenters. The molecule has 1 N–H and O–H groups in total. The molecule has 1 aromatic carbocycles.